The fourth-order valence-electron chi connectivity index (χ4n) is 3.36. The van der Waals surface area contributed by atoms with Gasteiger partial charge in [-0.2, -0.15) is 5.10 Å². The summed E-state index contributed by atoms with van der Waals surface area (Å²) in [5.74, 6) is 1.24. The Balaban J connectivity index is 1.37. The molecule has 0 atom stereocenters. The summed E-state index contributed by atoms with van der Waals surface area (Å²) in [7, 11) is -3.78. The van der Waals surface area contributed by atoms with Gasteiger partial charge in [0.15, 0.2) is 0 Å². The molecule has 1 aromatic heterocycles. The van der Waals surface area contributed by atoms with Gasteiger partial charge < -0.3 is 9.15 Å². The zero-order valence-electron chi connectivity index (χ0n) is 20.1. The fourth-order valence-corrected chi connectivity index (χ4v) is 4.22. The molecule has 0 spiro atoms. The molecule has 0 radical (unpaired) electrons. The van der Waals surface area contributed by atoms with E-state index in [1.54, 1.807) is 60.7 Å². The normalized spacial score (nSPS) is 11.3. The highest BCUT2D eigenvalue weighted by Crippen LogP contribution is 2.26. The van der Waals surface area contributed by atoms with E-state index in [9.17, 15) is 23.3 Å². The molecule has 0 aliphatic rings. The molecule has 0 aliphatic heterocycles. The molecule has 1 amide bonds. The van der Waals surface area contributed by atoms with Gasteiger partial charge in [0.2, 0.25) is 10.0 Å². The van der Waals surface area contributed by atoms with Crippen LogP contribution in [-0.4, -0.2) is 38.3 Å². The van der Waals surface area contributed by atoms with Crippen molar-refractivity contribution in [3.05, 3.63) is 107 Å². The standard InChI is InChI=1S/C26H22N4O7S/c1-38(34,35)29(20-11-13-23(14-12-20)36-22-5-3-2-4-6-22)18-26(31)28-27-17-24-15-16-25(37-24)19-7-9-21(10-8-19)30(32)33/h2-17H,18H2,1H3,(H,28,31)/b27-17-. The number of carbonyl (C=O) groups excluding carboxylic acids is 1. The van der Waals surface area contributed by atoms with E-state index in [2.05, 4.69) is 10.5 Å². The van der Waals surface area contributed by atoms with Crippen LogP contribution in [0.5, 0.6) is 11.5 Å². The van der Waals surface area contributed by atoms with E-state index in [1.165, 1.54) is 18.3 Å². The molecule has 1 N–H and O–H groups in total. The highest BCUT2D eigenvalue weighted by molar-refractivity contribution is 7.92. The number of nitrogens with zero attached hydrogens (tertiary/aromatic N) is 3. The highest BCUT2D eigenvalue weighted by atomic mass is 32.2. The van der Waals surface area contributed by atoms with Crippen LogP contribution < -0.4 is 14.5 Å². The van der Waals surface area contributed by atoms with Crippen LogP contribution in [-0.2, 0) is 14.8 Å². The topological polar surface area (TPSA) is 144 Å². The summed E-state index contributed by atoms with van der Waals surface area (Å²) in [5, 5.41) is 14.6. The van der Waals surface area contributed by atoms with Gasteiger partial charge in [0, 0.05) is 17.7 Å². The number of nitrogens with one attached hydrogen (secondary N) is 1. The Kier molecular flexibility index (Phi) is 7.83. The molecule has 11 nitrogen and oxygen atoms in total. The second kappa shape index (κ2) is 11.4. The molecule has 194 valence electrons. The number of hydrazone groups is 1. The predicted molar refractivity (Wildman–Crippen MR) is 142 cm³/mol. The molecule has 12 heteroatoms. The van der Waals surface area contributed by atoms with E-state index in [-0.39, 0.29) is 11.4 Å². The first kappa shape index (κ1) is 26.1. The van der Waals surface area contributed by atoms with Crippen LogP contribution in [0.15, 0.2) is 101 Å². The molecule has 1 heterocycles. The first-order valence-electron chi connectivity index (χ1n) is 11.2. The third kappa shape index (κ3) is 6.83. The van der Waals surface area contributed by atoms with Crippen molar-refractivity contribution >= 4 is 33.5 Å². The number of non-ortho nitro benzene ring substituents is 1. The first-order chi connectivity index (χ1) is 18.2. The number of para-hydroxylation sites is 1. The van der Waals surface area contributed by atoms with Gasteiger partial charge in [-0.05, 0) is 60.7 Å². The van der Waals surface area contributed by atoms with Gasteiger partial charge in [0.1, 0.15) is 29.6 Å². The molecule has 0 saturated heterocycles. The van der Waals surface area contributed by atoms with Gasteiger partial charge in [-0.25, -0.2) is 13.8 Å². The van der Waals surface area contributed by atoms with Crippen molar-refractivity contribution in [3.8, 4) is 22.8 Å². The second-order valence-corrected chi connectivity index (χ2v) is 9.88. The maximum absolute atomic E-state index is 12.4. The average Bonchev–Trinajstić information content (AvgIpc) is 3.37. The number of hydrogen-bond acceptors (Lipinski definition) is 8. The summed E-state index contributed by atoms with van der Waals surface area (Å²) >= 11 is 0. The molecule has 0 fully saturated rings. The van der Waals surface area contributed by atoms with E-state index in [1.807, 2.05) is 18.2 Å². The van der Waals surface area contributed by atoms with Gasteiger partial charge >= 0.3 is 0 Å². The summed E-state index contributed by atoms with van der Waals surface area (Å²) in [5.41, 5.74) is 3.15. The lowest BCUT2D eigenvalue weighted by atomic mass is 10.1. The second-order valence-electron chi connectivity index (χ2n) is 7.98. The van der Waals surface area contributed by atoms with E-state index in [0.29, 0.717) is 28.6 Å². The monoisotopic (exact) mass is 534 g/mol. The summed E-state index contributed by atoms with van der Waals surface area (Å²) < 4.78 is 37.0. The lowest BCUT2D eigenvalue weighted by Gasteiger charge is -2.21. The van der Waals surface area contributed by atoms with Gasteiger partial charge in [0.25, 0.3) is 11.6 Å². The minimum Gasteiger partial charge on any atom is -0.457 e. The molecule has 3 aromatic carbocycles. The Labute approximate surface area is 218 Å². The molecule has 4 aromatic rings. The zero-order chi connectivity index (χ0) is 27.1. The van der Waals surface area contributed by atoms with Gasteiger partial charge in [-0.3, -0.25) is 19.2 Å². The maximum atomic E-state index is 12.4. The smallest absolute Gasteiger partial charge is 0.269 e. The third-order valence-electron chi connectivity index (χ3n) is 5.16. The van der Waals surface area contributed by atoms with Crippen LogP contribution in [0, 0.1) is 10.1 Å². The number of carbonyl (C=O) groups is 1. The average molecular weight is 535 g/mol. The van der Waals surface area contributed by atoms with E-state index in [4.69, 9.17) is 9.15 Å². The van der Waals surface area contributed by atoms with Crippen LogP contribution in [0.1, 0.15) is 5.76 Å². The number of hydrogen-bond donors (Lipinski definition) is 1. The number of nitro groups is 1. The number of benzene rings is 3. The number of rotatable bonds is 10. The SMILES string of the molecule is CS(=O)(=O)N(CC(=O)N/N=C\c1ccc(-c2ccc([N+](=O)[O-])cc2)o1)c1ccc(Oc2ccccc2)cc1. The Bertz CT molecular complexity index is 1550. The third-order valence-corrected chi connectivity index (χ3v) is 6.30. The van der Waals surface area contributed by atoms with Crippen molar-refractivity contribution in [3.63, 3.8) is 0 Å². The number of anilines is 1. The van der Waals surface area contributed by atoms with Gasteiger partial charge in [-0.15, -0.1) is 0 Å². The summed E-state index contributed by atoms with van der Waals surface area (Å²) in [6.07, 6.45) is 2.26. The van der Waals surface area contributed by atoms with Crippen LogP contribution >= 0.6 is 0 Å². The Morgan fingerprint density at radius 1 is 1.00 bits per heavy atom. The van der Waals surface area contributed by atoms with Gasteiger partial charge in [-0.1, -0.05) is 18.2 Å². The van der Waals surface area contributed by atoms with Crippen LogP contribution in [0.3, 0.4) is 0 Å². The minimum atomic E-state index is -3.78. The van der Waals surface area contributed by atoms with Crippen molar-refractivity contribution in [2.45, 2.75) is 0 Å². The van der Waals surface area contributed by atoms with Crippen molar-refractivity contribution in [2.75, 3.05) is 17.1 Å². The summed E-state index contributed by atoms with van der Waals surface area (Å²) in [6.45, 7) is -0.499. The van der Waals surface area contributed by atoms with Gasteiger partial charge in [0.05, 0.1) is 23.1 Å². The largest absolute Gasteiger partial charge is 0.457 e. The van der Waals surface area contributed by atoms with Crippen LogP contribution in [0.4, 0.5) is 11.4 Å². The molecule has 4 rings (SSSR count). The van der Waals surface area contributed by atoms with Crippen LogP contribution in [0.2, 0.25) is 0 Å². The van der Waals surface area contributed by atoms with Crippen molar-refractivity contribution < 1.29 is 27.3 Å². The van der Waals surface area contributed by atoms with Crippen molar-refractivity contribution in [1.82, 2.24) is 5.43 Å². The van der Waals surface area contributed by atoms with Crippen LogP contribution in [0.25, 0.3) is 11.3 Å². The maximum Gasteiger partial charge on any atom is 0.269 e. The number of sulfonamides is 1. The number of ether oxygens (including phenoxy) is 1. The summed E-state index contributed by atoms with van der Waals surface area (Å²) in [4.78, 5) is 22.7. The van der Waals surface area contributed by atoms with E-state index >= 15 is 0 Å². The lowest BCUT2D eigenvalue weighted by molar-refractivity contribution is -0.384. The molecule has 0 aliphatic carbocycles. The van der Waals surface area contributed by atoms with Crippen molar-refractivity contribution in [2.24, 2.45) is 5.10 Å². The number of nitro benzene ring substituents is 1. The molecule has 0 saturated carbocycles. The number of furan rings is 1. The fraction of sp³-hybridized carbons (Fsp3) is 0.0769. The van der Waals surface area contributed by atoms with E-state index < -0.39 is 27.4 Å². The minimum absolute atomic E-state index is 0.0376. The number of amides is 1. The van der Waals surface area contributed by atoms with E-state index in [0.717, 1.165) is 10.6 Å². The molecular weight excluding hydrogens is 512 g/mol. The van der Waals surface area contributed by atoms with Crippen molar-refractivity contribution in [1.29, 1.82) is 0 Å². The molecular formula is C26H22N4O7S. The Hall–Kier alpha value is -4.97. The molecule has 0 unspecified atom stereocenters. The predicted octanol–water partition coefficient (Wildman–Crippen LogP) is 4.56. The zero-order valence-corrected chi connectivity index (χ0v) is 20.9. The first-order valence-corrected chi connectivity index (χ1v) is 13.0. The Morgan fingerprint density at radius 3 is 2.29 bits per heavy atom. The molecule has 0 bridgehead atoms. The highest BCUT2D eigenvalue weighted by Gasteiger charge is 2.21. The Morgan fingerprint density at radius 2 is 1.66 bits per heavy atom. The summed E-state index contributed by atoms with van der Waals surface area (Å²) in [6, 6.07) is 24.5. The quantitative estimate of drug-likeness (QED) is 0.178. The molecule has 38 heavy (non-hydrogen) atoms. The lowest BCUT2D eigenvalue weighted by Crippen LogP contribution is -2.38.